The molecule has 4 heteroatoms. The number of hydrogen-bond acceptors (Lipinski definition) is 2. The minimum atomic E-state index is -0.848. The second-order valence-electron chi connectivity index (χ2n) is 5.80. The summed E-state index contributed by atoms with van der Waals surface area (Å²) in [6, 6.07) is 7.46. The molecule has 0 radical (unpaired) electrons. The van der Waals surface area contributed by atoms with E-state index in [9.17, 15) is 10.4 Å². The molecule has 2 aliphatic carbocycles. The molecule has 0 aliphatic heterocycles. The number of hydrogen-bond donors (Lipinski definition) is 1. The number of nitriles is 1. The predicted octanol–water partition coefficient (Wildman–Crippen LogP) is 4.36. The number of benzene rings is 1. The van der Waals surface area contributed by atoms with Crippen LogP contribution in [0.25, 0.3) is 0 Å². The van der Waals surface area contributed by atoms with Crippen molar-refractivity contribution < 1.29 is 5.11 Å². The third-order valence-electron chi connectivity index (χ3n) is 4.84. The molecule has 1 aromatic carbocycles. The Morgan fingerprint density at radius 3 is 2.74 bits per heavy atom. The van der Waals surface area contributed by atoms with E-state index in [4.69, 9.17) is 23.2 Å². The quantitative estimate of drug-likeness (QED) is 0.881. The molecule has 1 N–H and O–H groups in total. The molecule has 1 aromatic rings. The van der Waals surface area contributed by atoms with Gasteiger partial charge in [-0.3, -0.25) is 0 Å². The first-order chi connectivity index (χ1) is 9.06. The van der Waals surface area contributed by atoms with Crippen LogP contribution in [0.3, 0.4) is 0 Å². The molecular formula is C15H15Cl2NO. The zero-order chi connectivity index (χ0) is 13.6. The van der Waals surface area contributed by atoms with E-state index in [2.05, 4.69) is 6.07 Å². The average molecular weight is 296 g/mol. The first-order valence-corrected chi connectivity index (χ1v) is 7.36. The minimum Gasteiger partial charge on any atom is -0.387 e. The Morgan fingerprint density at radius 2 is 2.16 bits per heavy atom. The molecule has 0 amide bonds. The third-order valence-corrected chi connectivity index (χ3v) is 5.42. The molecular weight excluding hydrogens is 281 g/mol. The van der Waals surface area contributed by atoms with Gasteiger partial charge in [-0.15, -0.1) is 0 Å². The normalized spacial score (nSPS) is 34.2. The minimum absolute atomic E-state index is 0.285. The van der Waals surface area contributed by atoms with Gasteiger partial charge >= 0.3 is 0 Å². The number of nitrogens with zero attached hydrogens (tertiary/aromatic N) is 1. The van der Waals surface area contributed by atoms with Crippen molar-refractivity contribution in [1.82, 2.24) is 0 Å². The van der Waals surface area contributed by atoms with Gasteiger partial charge in [0, 0.05) is 15.6 Å². The SMILES string of the molecule is N#CC1(C(O)c2cc(Cl)ccc2Cl)CC2CCC1C2. The molecule has 0 spiro atoms. The van der Waals surface area contributed by atoms with Crippen molar-refractivity contribution in [3.63, 3.8) is 0 Å². The average Bonchev–Trinajstić information content (AvgIpc) is 3.01. The molecule has 100 valence electrons. The Morgan fingerprint density at radius 1 is 1.37 bits per heavy atom. The van der Waals surface area contributed by atoms with E-state index in [0.717, 1.165) is 19.3 Å². The Kier molecular flexibility index (Phi) is 3.25. The van der Waals surface area contributed by atoms with Crippen molar-refractivity contribution in [3.8, 4) is 6.07 Å². The molecule has 3 rings (SSSR count). The van der Waals surface area contributed by atoms with Gasteiger partial charge in [-0.2, -0.15) is 5.26 Å². The van der Waals surface area contributed by atoms with Gasteiger partial charge in [0.1, 0.15) is 0 Å². The van der Waals surface area contributed by atoms with Crippen LogP contribution < -0.4 is 0 Å². The highest BCUT2D eigenvalue weighted by Crippen LogP contribution is 2.61. The first-order valence-electron chi connectivity index (χ1n) is 6.61. The summed E-state index contributed by atoms with van der Waals surface area (Å²) < 4.78 is 0. The van der Waals surface area contributed by atoms with Crippen LogP contribution in [-0.2, 0) is 0 Å². The highest BCUT2D eigenvalue weighted by molar-refractivity contribution is 6.33. The van der Waals surface area contributed by atoms with Crippen LogP contribution in [-0.4, -0.2) is 5.11 Å². The molecule has 4 unspecified atom stereocenters. The van der Waals surface area contributed by atoms with Crippen LogP contribution in [0.5, 0.6) is 0 Å². The lowest BCUT2D eigenvalue weighted by Crippen LogP contribution is -2.33. The Hall–Kier alpha value is -0.750. The van der Waals surface area contributed by atoms with Crippen LogP contribution in [0.4, 0.5) is 0 Å². The van der Waals surface area contributed by atoms with Crippen LogP contribution in [0.15, 0.2) is 18.2 Å². The fourth-order valence-electron chi connectivity index (χ4n) is 3.91. The zero-order valence-electron chi connectivity index (χ0n) is 10.4. The van der Waals surface area contributed by atoms with Crippen molar-refractivity contribution in [2.75, 3.05) is 0 Å². The van der Waals surface area contributed by atoms with Crippen molar-refractivity contribution in [2.24, 2.45) is 17.3 Å². The number of halogens is 2. The van der Waals surface area contributed by atoms with Gasteiger partial charge in [0.2, 0.25) is 0 Å². The molecule has 0 saturated heterocycles. The lowest BCUT2D eigenvalue weighted by Gasteiger charge is -2.36. The second kappa shape index (κ2) is 4.66. The van der Waals surface area contributed by atoms with Gasteiger partial charge in [-0.05, 0) is 49.3 Å². The van der Waals surface area contributed by atoms with E-state index in [1.54, 1.807) is 18.2 Å². The second-order valence-corrected chi connectivity index (χ2v) is 6.64. The third kappa shape index (κ3) is 1.96. The van der Waals surface area contributed by atoms with E-state index in [-0.39, 0.29) is 5.92 Å². The molecule has 19 heavy (non-hydrogen) atoms. The summed E-state index contributed by atoms with van der Waals surface area (Å²) in [6.07, 6.45) is 3.21. The van der Waals surface area contributed by atoms with Gasteiger partial charge in [0.05, 0.1) is 17.6 Å². The van der Waals surface area contributed by atoms with Crippen LogP contribution in [0.2, 0.25) is 10.0 Å². The summed E-state index contributed by atoms with van der Waals surface area (Å²) in [7, 11) is 0. The molecule has 0 aromatic heterocycles. The van der Waals surface area contributed by atoms with E-state index >= 15 is 0 Å². The standard InChI is InChI=1S/C15H15Cl2NO/c16-11-3-4-13(17)12(6-11)14(19)15(8-18)7-9-1-2-10(15)5-9/h3-4,6,9-10,14,19H,1-2,5,7H2. The maximum absolute atomic E-state index is 10.7. The number of rotatable bonds is 2. The van der Waals surface area contributed by atoms with Crippen molar-refractivity contribution in [2.45, 2.75) is 31.8 Å². The zero-order valence-corrected chi connectivity index (χ0v) is 12.0. The summed E-state index contributed by atoms with van der Waals surface area (Å²) in [5.74, 6) is 0.866. The van der Waals surface area contributed by atoms with Crippen LogP contribution >= 0.6 is 23.2 Å². The van der Waals surface area contributed by atoms with Crippen molar-refractivity contribution in [1.29, 1.82) is 5.26 Å². The summed E-state index contributed by atoms with van der Waals surface area (Å²) in [6.45, 7) is 0. The van der Waals surface area contributed by atoms with E-state index in [1.807, 2.05) is 0 Å². The predicted molar refractivity (Wildman–Crippen MR) is 74.9 cm³/mol. The molecule has 2 fully saturated rings. The highest BCUT2D eigenvalue weighted by Gasteiger charge is 2.56. The molecule has 2 saturated carbocycles. The Balaban J connectivity index is 2.01. The fraction of sp³-hybridized carbons (Fsp3) is 0.533. The number of fused-ring (bicyclic) bond motifs is 2. The first kappa shape index (κ1) is 13.2. The summed E-state index contributed by atoms with van der Waals surface area (Å²) in [5.41, 5.74) is -0.0969. The van der Waals surface area contributed by atoms with Gasteiger partial charge in [0.25, 0.3) is 0 Å². The highest BCUT2D eigenvalue weighted by atomic mass is 35.5. The van der Waals surface area contributed by atoms with Gasteiger partial charge < -0.3 is 5.11 Å². The number of aliphatic hydroxyl groups is 1. The summed E-state index contributed by atoms with van der Waals surface area (Å²) >= 11 is 12.1. The topological polar surface area (TPSA) is 44.0 Å². The summed E-state index contributed by atoms with van der Waals surface area (Å²) in [5, 5.41) is 21.4. The molecule has 2 bridgehead atoms. The van der Waals surface area contributed by atoms with Crippen molar-refractivity contribution in [3.05, 3.63) is 33.8 Å². The largest absolute Gasteiger partial charge is 0.387 e. The Labute approximate surface area is 122 Å². The lowest BCUT2D eigenvalue weighted by atomic mass is 9.68. The molecule has 2 aliphatic rings. The van der Waals surface area contributed by atoms with Gasteiger partial charge in [-0.25, -0.2) is 0 Å². The fourth-order valence-corrected chi connectivity index (χ4v) is 4.31. The van der Waals surface area contributed by atoms with Crippen LogP contribution in [0, 0.1) is 28.6 Å². The summed E-state index contributed by atoms with van der Waals surface area (Å²) in [4.78, 5) is 0. The van der Waals surface area contributed by atoms with E-state index in [1.165, 1.54) is 6.42 Å². The Bertz CT molecular complexity index is 554. The maximum Gasteiger partial charge on any atom is 0.0994 e. The monoisotopic (exact) mass is 295 g/mol. The van der Waals surface area contributed by atoms with Crippen LogP contribution in [0.1, 0.15) is 37.4 Å². The van der Waals surface area contributed by atoms with E-state index in [0.29, 0.717) is 21.5 Å². The van der Waals surface area contributed by atoms with Gasteiger partial charge in [0.15, 0.2) is 0 Å². The molecule has 2 nitrogen and oxygen atoms in total. The van der Waals surface area contributed by atoms with Gasteiger partial charge in [-0.1, -0.05) is 29.6 Å². The van der Waals surface area contributed by atoms with E-state index < -0.39 is 11.5 Å². The molecule has 0 heterocycles. The smallest absolute Gasteiger partial charge is 0.0994 e. The lowest BCUT2D eigenvalue weighted by molar-refractivity contribution is 0.0234. The van der Waals surface area contributed by atoms with Crippen molar-refractivity contribution >= 4 is 23.2 Å². The maximum atomic E-state index is 10.7. The number of aliphatic hydroxyl groups excluding tert-OH is 1. The molecule has 4 atom stereocenters.